The number of halogens is 1. The number of alkyl halides is 1. The number of hydrogen-bond acceptors (Lipinski definition) is 2. The van der Waals surface area contributed by atoms with Gasteiger partial charge in [0.2, 0.25) is 0 Å². The Morgan fingerprint density at radius 3 is 2.22 bits per heavy atom. The third-order valence-electron chi connectivity index (χ3n) is 3.62. The van der Waals surface area contributed by atoms with Crippen molar-refractivity contribution in [2.24, 2.45) is 5.41 Å². The van der Waals surface area contributed by atoms with Gasteiger partial charge in [0, 0.05) is 0 Å². The third-order valence-corrected chi connectivity index (χ3v) is 3.62. The van der Waals surface area contributed by atoms with E-state index in [0.29, 0.717) is 6.42 Å². The van der Waals surface area contributed by atoms with Crippen molar-refractivity contribution in [1.29, 1.82) is 0 Å². The first kappa shape index (κ1) is 15.4. The molecule has 0 heterocycles. The summed E-state index contributed by atoms with van der Waals surface area (Å²) in [7, 11) is 0. The van der Waals surface area contributed by atoms with E-state index in [1.54, 1.807) is 20.8 Å². The SMILES string of the molecule is CC12CC[C-](C1)C(F)(C(=O)OC(C)(C)C)C2.[Rf].[Rf]. The number of fused-ring (bicyclic) bond motifs is 2. The van der Waals surface area contributed by atoms with Crippen molar-refractivity contribution >= 4 is 5.97 Å². The van der Waals surface area contributed by atoms with Crippen LogP contribution in [0.3, 0.4) is 0 Å². The van der Waals surface area contributed by atoms with Crippen LogP contribution >= 0.6 is 0 Å². The minimum atomic E-state index is -1.81. The summed E-state index contributed by atoms with van der Waals surface area (Å²) in [5, 5.41) is 0. The minimum Gasteiger partial charge on any atom is -0.460 e. The standard InChI is InChI=1S/C13H20FO2.2Rf/c1-11(2,3)16-10(15)13(14)8-12(4)6-5-9(13)7-12;;/h5-8H2,1-4H3;;/q-1;;. The van der Waals surface area contributed by atoms with E-state index >= 15 is 0 Å². The molecule has 2 saturated carbocycles. The molecule has 96 valence electrons. The summed E-state index contributed by atoms with van der Waals surface area (Å²) in [6.07, 6.45) is 2.82. The van der Waals surface area contributed by atoms with Crippen molar-refractivity contribution in [3.05, 3.63) is 5.92 Å². The molecule has 2 unspecified atom stereocenters. The van der Waals surface area contributed by atoms with Crippen LogP contribution in [0, 0.1) is 11.3 Å². The molecule has 0 aromatic rings. The van der Waals surface area contributed by atoms with Gasteiger partial charge in [-0.1, -0.05) is 18.8 Å². The van der Waals surface area contributed by atoms with E-state index < -0.39 is 17.2 Å². The maximum absolute atomic E-state index is 14.7. The molecule has 2 bridgehead atoms. The number of hydrogen-bond donors (Lipinski definition) is 0. The zero-order valence-electron chi connectivity index (χ0n) is 11.9. The largest absolute Gasteiger partial charge is 0.460 e. The molecule has 5 heteroatoms. The van der Waals surface area contributed by atoms with Crippen molar-refractivity contribution < 1.29 is 13.9 Å². The van der Waals surface area contributed by atoms with Crippen molar-refractivity contribution in [2.75, 3.05) is 0 Å². The smallest absolute Gasteiger partial charge is 0.312 e. The Labute approximate surface area is 96.5 Å². The molecule has 2 aliphatic carbocycles. The van der Waals surface area contributed by atoms with E-state index in [-0.39, 0.29) is 5.41 Å². The maximum atomic E-state index is 14.7. The van der Waals surface area contributed by atoms with Crippen molar-refractivity contribution in [3.8, 4) is 0 Å². The van der Waals surface area contributed by atoms with E-state index in [1.165, 1.54) is 0 Å². The van der Waals surface area contributed by atoms with Crippen molar-refractivity contribution in [1.82, 2.24) is 0 Å². The predicted molar refractivity (Wildman–Crippen MR) is 59.5 cm³/mol. The van der Waals surface area contributed by atoms with Gasteiger partial charge in [-0.15, -0.1) is 0 Å². The quantitative estimate of drug-likeness (QED) is 0.304. The second-order valence-electron chi connectivity index (χ2n) is 6.57. The number of ether oxygens (including phenoxy) is 1. The first-order chi connectivity index (χ1) is 7.15. The summed E-state index contributed by atoms with van der Waals surface area (Å²) in [6, 6.07) is 0. The summed E-state index contributed by atoms with van der Waals surface area (Å²) >= 11 is 0. The van der Waals surface area contributed by atoms with E-state index in [2.05, 4.69) is 6.92 Å². The Morgan fingerprint density at radius 2 is 1.89 bits per heavy atom. The first-order valence-corrected chi connectivity index (χ1v) is 5.92. The van der Waals surface area contributed by atoms with Crippen molar-refractivity contribution in [2.45, 2.75) is 64.6 Å². The Bertz CT molecular complexity index is 329. The number of carbonyl (C=O) groups excluding carboxylic acids is 1. The van der Waals surface area contributed by atoms with Crippen LogP contribution in [0.2, 0.25) is 0 Å². The molecule has 2 aliphatic rings. The van der Waals surface area contributed by atoms with Gasteiger partial charge in [-0.3, -0.25) is 15.1 Å². The van der Waals surface area contributed by atoms with Gasteiger partial charge in [0.15, 0.2) is 0 Å². The van der Waals surface area contributed by atoms with Gasteiger partial charge in [-0.05, 0) is 27.2 Å². The predicted octanol–water partition coefficient (Wildman–Crippen LogP) is 3.20. The molecule has 2 nitrogen and oxygen atoms in total. The molecule has 18 heavy (non-hydrogen) atoms. The summed E-state index contributed by atoms with van der Waals surface area (Å²) in [6.45, 7) is 7.38. The van der Waals surface area contributed by atoms with Gasteiger partial charge in [-0.25, -0.2) is 0 Å². The number of esters is 1. The fourth-order valence-corrected chi connectivity index (χ4v) is 2.92. The third kappa shape index (κ3) is 2.09. The number of carbonyl (C=O) groups is 1. The minimum absolute atomic E-state index is 0. The average molecular weight is 761 g/mol. The molecule has 0 aromatic heterocycles. The Kier molecular flexibility index (Phi) is 3.17. The second kappa shape index (κ2) is 3.71. The molecular weight excluding hydrogens is 741 g/mol. The molecule has 2 atom stereocenters. The zero-order chi connectivity index (χ0) is 12.2. The van der Waals surface area contributed by atoms with Crippen LogP contribution < -0.4 is 0 Å². The van der Waals surface area contributed by atoms with Gasteiger partial charge < -0.3 is 4.74 Å². The summed E-state index contributed by atoms with van der Waals surface area (Å²) in [5.41, 5.74) is -2.43. The van der Waals surface area contributed by atoms with E-state index in [1.807, 2.05) is 0 Å². The molecule has 0 saturated heterocycles. The first-order valence-electron chi connectivity index (χ1n) is 5.92. The molecule has 0 amide bonds. The van der Waals surface area contributed by atoms with Gasteiger partial charge in [0.1, 0.15) is 5.60 Å². The molecule has 0 aromatic carbocycles. The Balaban J connectivity index is 0.00000144. The molecule has 0 N–H and O–H groups in total. The van der Waals surface area contributed by atoms with Crippen molar-refractivity contribution in [3.63, 3.8) is 0 Å². The van der Waals surface area contributed by atoms with Crippen LogP contribution in [0.4, 0.5) is 4.39 Å². The second-order valence-corrected chi connectivity index (χ2v) is 6.57. The average Bonchev–Trinajstić information content (AvgIpc) is 2.54. The van der Waals surface area contributed by atoms with Gasteiger partial charge in [0.25, 0.3) is 0 Å². The molecule has 0 aliphatic heterocycles. The molecule has 0 spiro atoms. The summed E-state index contributed by atoms with van der Waals surface area (Å²) < 4.78 is 19.9. The van der Waals surface area contributed by atoms with E-state index in [9.17, 15) is 9.18 Å². The van der Waals surface area contributed by atoms with Crippen LogP contribution in [0.25, 0.3) is 0 Å². The Hall–Kier alpha value is -2.60. The molecule has 0 radical (unpaired) electrons. The summed E-state index contributed by atoms with van der Waals surface area (Å²) in [4.78, 5) is 11.9. The zero-order valence-corrected chi connectivity index (χ0v) is 24.7. The van der Waals surface area contributed by atoms with Gasteiger partial charge >= 0.3 is 5.97 Å². The molecule has 2 fully saturated rings. The summed E-state index contributed by atoms with van der Waals surface area (Å²) in [5.74, 6) is 0.0719. The number of rotatable bonds is 1. The monoisotopic (exact) mass is 761 g/mol. The van der Waals surface area contributed by atoms with Crippen LogP contribution in [0.15, 0.2) is 0 Å². The Morgan fingerprint density at radius 1 is 1.33 bits per heavy atom. The van der Waals surface area contributed by atoms with Crippen LogP contribution in [0.1, 0.15) is 53.4 Å². The van der Waals surface area contributed by atoms with Crippen LogP contribution in [-0.4, -0.2) is 17.2 Å². The fraction of sp³-hybridized carbons (Fsp3) is 0.846. The van der Waals surface area contributed by atoms with E-state index in [0.717, 1.165) is 25.2 Å². The van der Waals surface area contributed by atoms with Crippen LogP contribution in [0.5, 0.6) is 0 Å². The molecule has 2 rings (SSSR count). The van der Waals surface area contributed by atoms with Crippen LogP contribution in [-0.2, 0) is 9.53 Å². The fourth-order valence-electron chi connectivity index (χ4n) is 2.92. The topological polar surface area (TPSA) is 26.3 Å². The molecular formula is C13H20FO2Rf2-. The van der Waals surface area contributed by atoms with Gasteiger partial charge in [0.05, 0.1) is 5.67 Å². The normalized spacial score (nSPS) is 34.7. The van der Waals surface area contributed by atoms with E-state index in [4.69, 9.17) is 4.74 Å². The maximum Gasteiger partial charge on any atom is 0.312 e. The van der Waals surface area contributed by atoms with Gasteiger partial charge in [-0.2, -0.15) is 12.8 Å².